The molecule has 2 rings (SSSR count). The van der Waals surface area contributed by atoms with Crippen LogP contribution in [0.4, 0.5) is 17.6 Å². The molecule has 22 heavy (non-hydrogen) atoms. The monoisotopic (exact) mass is 340 g/mol. The van der Waals surface area contributed by atoms with Crippen molar-refractivity contribution >= 4 is 18.3 Å². The minimum Gasteiger partial charge on any atom is -0.334 e. The maximum atomic E-state index is 13.7. The molecule has 3 nitrogen and oxygen atoms in total. The fourth-order valence-electron chi connectivity index (χ4n) is 2.57. The molecule has 0 radical (unpaired) electrons. The topological polar surface area (TPSA) is 32.3 Å². The molecule has 1 saturated heterocycles. The second-order valence-electron chi connectivity index (χ2n) is 5.04. The Balaban J connectivity index is 0.00000242. The van der Waals surface area contributed by atoms with Gasteiger partial charge in [-0.1, -0.05) is 0 Å². The van der Waals surface area contributed by atoms with Crippen LogP contribution in [0.5, 0.6) is 0 Å². The predicted octanol–water partition coefficient (Wildman–Crippen LogP) is 3.09. The summed E-state index contributed by atoms with van der Waals surface area (Å²) in [6, 6.07) is 1.81. The van der Waals surface area contributed by atoms with Crippen molar-refractivity contribution in [3.63, 3.8) is 0 Å². The first-order chi connectivity index (χ1) is 9.84. The van der Waals surface area contributed by atoms with E-state index < -0.39 is 29.0 Å². The van der Waals surface area contributed by atoms with Gasteiger partial charge >= 0.3 is 6.18 Å². The molecule has 1 atom stereocenters. The highest BCUT2D eigenvalue weighted by molar-refractivity contribution is 5.95. The molecule has 0 aromatic heterocycles. The highest BCUT2D eigenvalue weighted by atomic mass is 35.5. The van der Waals surface area contributed by atoms with E-state index in [0.29, 0.717) is 31.3 Å². The van der Waals surface area contributed by atoms with Crippen LogP contribution >= 0.6 is 12.4 Å². The number of likely N-dealkylation sites (tertiary alicyclic amines) is 1. The predicted molar refractivity (Wildman–Crippen MR) is 76.6 cm³/mol. The fraction of sp³-hybridized carbons (Fsp3) is 0.500. The Hall–Kier alpha value is -1.34. The second kappa shape index (κ2) is 7.28. The largest absolute Gasteiger partial charge is 0.416 e. The SMILES string of the molecule is CNCC1CCCN1C(=O)c1cc(C(F)(F)F)ccc1F.Cl. The van der Waals surface area contributed by atoms with Crippen LogP contribution in [0, 0.1) is 5.82 Å². The molecule has 0 saturated carbocycles. The normalized spacial score (nSPS) is 18.2. The summed E-state index contributed by atoms with van der Waals surface area (Å²) in [6.07, 6.45) is -3.08. The number of nitrogens with zero attached hydrogens (tertiary/aromatic N) is 1. The number of hydrogen-bond donors (Lipinski definition) is 1. The summed E-state index contributed by atoms with van der Waals surface area (Å²) in [7, 11) is 1.73. The molecule has 0 spiro atoms. The quantitative estimate of drug-likeness (QED) is 0.858. The van der Waals surface area contributed by atoms with Gasteiger partial charge in [0, 0.05) is 19.1 Å². The average molecular weight is 341 g/mol. The molecule has 1 unspecified atom stereocenters. The third kappa shape index (κ3) is 3.89. The third-order valence-electron chi connectivity index (χ3n) is 3.60. The van der Waals surface area contributed by atoms with Crippen LogP contribution < -0.4 is 5.32 Å². The Morgan fingerprint density at radius 3 is 2.68 bits per heavy atom. The van der Waals surface area contributed by atoms with Gasteiger partial charge in [0.2, 0.25) is 0 Å². The molecule has 1 aromatic carbocycles. The lowest BCUT2D eigenvalue weighted by Gasteiger charge is -2.25. The van der Waals surface area contributed by atoms with E-state index in [1.165, 1.54) is 4.90 Å². The smallest absolute Gasteiger partial charge is 0.334 e. The fourth-order valence-corrected chi connectivity index (χ4v) is 2.57. The van der Waals surface area contributed by atoms with Crippen molar-refractivity contribution in [1.29, 1.82) is 0 Å². The number of benzene rings is 1. The number of carbonyl (C=O) groups excluding carboxylic acids is 1. The van der Waals surface area contributed by atoms with E-state index in [1.54, 1.807) is 7.05 Å². The summed E-state index contributed by atoms with van der Waals surface area (Å²) in [6.45, 7) is 0.965. The minimum atomic E-state index is -4.60. The Bertz CT molecular complexity index is 536. The lowest BCUT2D eigenvalue weighted by Crippen LogP contribution is -2.41. The first kappa shape index (κ1) is 18.7. The van der Waals surface area contributed by atoms with Crippen molar-refractivity contribution in [2.45, 2.75) is 25.1 Å². The van der Waals surface area contributed by atoms with Gasteiger partial charge in [-0.3, -0.25) is 4.79 Å². The Labute approximate surface area is 132 Å². The minimum absolute atomic E-state index is 0. The van der Waals surface area contributed by atoms with Gasteiger partial charge < -0.3 is 10.2 Å². The molecule has 8 heteroatoms. The molecular formula is C14H17ClF4N2O. The van der Waals surface area contributed by atoms with E-state index in [4.69, 9.17) is 0 Å². The van der Waals surface area contributed by atoms with Crippen molar-refractivity contribution in [2.75, 3.05) is 20.1 Å². The lowest BCUT2D eigenvalue weighted by atomic mass is 10.1. The van der Waals surface area contributed by atoms with Crippen LogP contribution in [0.3, 0.4) is 0 Å². The third-order valence-corrected chi connectivity index (χ3v) is 3.60. The molecule has 1 aliphatic rings. The Kier molecular flexibility index (Phi) is 6.19. The molecule has 1 aromatic rings. The van der Waals surface area contributed by atoms with Crippen molar-refractivity contribution < 1.29 is 22.4 Å². The maximum absolute atomic E-state index is 13.7. The summed E-state index contributed by atoms with van der Waals surface area (Å²) in [5.41, 5.74) is -1.54. The van der Waals surface area contributed by atoms with Crippen LogP contribution in [-0.2, 0) is 6.18 Å². The molecule has 1 fully saturated rings. The first-order valence-electron chi connectivity index (χ1n) is 6.67. The highest BCUT2D eigenvalue weighted by Gasteiger charge is 2.34. The van der Waals surface area contributed by atoms with E-state index in [-0.39, 0.29) is 18.4 Å². The summed E-state index contributed by atoms with van der Waals surface area (Å²) < 4.78 is 51.8. The zero-order chi connectivity index (χ0) is 15.6. The maximum Gasteiger partial charge on any atom is 0.416 e. The number of hydrogen-bond acceptors (Lipinski definition) is 2. The molecular weight excluding hydrogens is 324 g/mol. The van der Waals surface area contributed by atoms with Gasteiger partial charge in [0.1, 0.15) is 5.82 Å². The van der Waals surface area contributed by atoms with Gasteiger partial charge in [0.05, 0.1) is 11.1 Å². The number of amides is 1. The van der Waals surface area contributed by atoms with Crippen LogP contribution in [0.25, 0.3) is 0 Å². The number of carbonyl (C=O) groups is 1. The number of rotatable bonds is 3. The standard InChI is InChI=1S/C14H16F4N2O.ClH/c1-19-8-10-3-2-6-20(10)13(21)11-7-9(14(16,17)18)4-5-12(11)15;/h4-5,7,10,19H,2-3,6,8H2,1H3;1H. The van der Waals surface area contributed by atoms with E-state index in [2.05, 4.69) is 5.32 Å². The Morgan fingerprint density at radius 2 is 2.09 bits per heavy atom. The van der Waals surface area contributed by atoms with Gasteiger partial charge in [-0.05, 0) is 38.1 Å². The van der Waals surface area contributed by atoms with E-state index in [9.17, 15) is 22.4 Å². The van der Waals surface area contributed by atoms with Crippen LogP contribution in [-0.4, -0.2) is 37.0 Å². The van der Waals surface area contributed by atoms with Gasteiger partial charge in [0.15, 0.2) is 0 Å². The van der Waals surface area contributed by atoms with Gasteiger partial charge in [-0.15, -0.1) is 12.4 Å². The highest BCUT2D eigenvalue weighted by Crippen LogP contribution is 2.31. The van der Waals surface area contributed by atoms with Crippen LogP contribution in [0.1, 0.15) is 28.8 Å². The molecule has 1 heterocycles. The molecule has 0 bridgehead atoms. The number of alkyl halides is 3. The number of likely N-dealkylation sites (N-methyl/N-ethyl adjacent to an activating group) is 1. The molecule has 1 amide bonds. The zero-order valence-electron chi connectivity index (χ0n) is 11.9. The van der Waals surface area contributed by atoms with Crippen molar-refractivity contribution in [3.05, 3.63) is 35.1 Å². The first-order valence-corrected chi connectivity index (χ1v) is 6.67. The van der Waals surface area contributed by atoms with Crippen molar-refractivity contribution in [1.82, 2.24) is 10.2 Å². The van der Waals surface area contributed by atoms with Crippen LogP contribution in [0.15, 0.2) is 18.2 Å². The number of nitrogens with one attached hydrogen (secondary N) is 1. The summed E-state index contributed by atoms with van der Waals surface area (Å²) in [5, 5.41) is 2.93. The van der Waals surface area contributed by atoms with Gasteiger partial charge in [-0.25, -0.2) is 4.39 Å². The molecule has 0 aliphatic carbocycles. The zero-order valence-corrected chi connectivity index (χ0v) is 12.7. The van der Waals surface area contributed by atoms with E-state index in [0.717, 1.165) is 12.8 Å². The molecule has 124 valence electrons. The van der Waals surface area contributed by atoms with Gasteiger partial charge in [-0.2, -0.15) is 13.2 Å². The molecule has 1 N–H and O–H groups in total. The molecule has 1 aliphatic heterocycles. The summed E-state index contributed by atoms with van der Waals surface area (Å²) in [4.78, 5) is 13.8. The lowest BCUT2D eigenvalue weighted by molar-refractivity contribution is -0.137. The van der Waals surface area contributed by atoms with Crippen molar-refractivity contribution in [3.8, 4) is 0 Å². The summed E-state index contributed by atoms with van der Waals surface area (Å²) >= 11 is 0. The average Bonchev–Trinajstić information content (AvgIpc) is 2.86. The van der Waals surface area contributed by atoms with Crippen molar-refractivity contribution in [2.24, 2.45) is 0 Å². The summed E-state index contributed by atoms with van der Waals surface area (Å²) in [5.74, 6) is -1.61. The Morgan fingerprint density at radius 1 is 1.41 bits per heavy atom. The number of halogens is 5. The van der Waals surface area contributed by atoms with E-state index >= 15 is 0 Å². The van der Waals surface area contributed by atoms with Crippen LogP contribution in [0.2, 0.25) is 0 Å². The van der Waals surface area contributed by atoms with E-state index in [1.807, 2.05) is 0 Å². The second-order valence-corrected chi connectivity index (χ2v) is 5.04. The van der Waals surface area contributed by atoms with Gasteiger partial charge in [0.25, 0.3) is 5.91 Å².